The van der Waals surface area contributed by atoms with E-state index in [1.54, 1.807) is 30.3 Å². The van der Waals surface area contributed by atoms with Crippen LogP contribution in [0.15, 0.2) is 66.7 Å². The maximum absolute atomic E-state index is 13.3. The van der Waals surface area contributed by atoms with Gasteiger partial charge in [0.25, 0.3) is 0 Å². The summed E-state index contributed by atoms with van der Waals surface area (Å²) >= 11 is 12.1. The van der Waals surface area contributed by atoms with Crippen LogP contribution in [0.25, 0.3) is 11.1 Å². The first-order valence-corrected chi connectivity index (χ1v) is 12.2. The molecular formula is C27H28Cl2FN3O. The van der Waals surface area contributed by atoms with Crippen LogP contribution in [0.2, 0.25) is 10.0 Å². The highest BCUT2D eigenvalue weighted by atomic mass is 35.5. The molecular weight excluding hydrogens is 472 g/mol. The zero-order valence-electron chi connectivity index (χ0n) is 19.0. The lowest BCUT2D eigenvalue weighted by molar-refractivity contribution is 0.195. The molecule has 34 heavy (non-hydrogen) atoms. The van der Waals surface area contributed by atoms with Crippen molar-refractivity contribution in [1.29, 1.82) is 0 Å². The monoisotopic (exact) mass is 499 g/mol. The number of hydrogen-bond acceptors (Lipinski definition) is 2. The van der Waals surface area contributed by atoms with Gasteiger partial charge in [0.1, 0.15) is 5.82 Å². The number of carbonyl (C=O) groups excluding carboxylic acids is 1. The molecule has 0 radical (unpaired) electrons. The Labute approximate surface area is 210 Å². The minimum atomic E-state index is -0.292. The number of hydrogen-bond donors (Lipinski definition) is 2. The summed E-state index contributed by atoms with van der Waals surface area (Å²) in [6, 6.07) is 19.6. The lowest BCUT2D eigenvalue weighted by atomic mass is 9.79. The number of anilines is 1. The minimum absolute atomic E-state index is 0.185. The number of piperidine rings is 1. The van der Waals surface area contributed by atoms with Crippen molar-refractivity contribution in [3.63, 3.8) is 0 Å². The molecule has 2 amide bonds. The van der Waals surface area contributed by atoms with Crippen LogP contribution in [0, 0.1) is 11.7 Å². The second-order valence-electron chi connectivity index (χ2n) is 8.87. The average molecular weight is 500 g/mol. The molecule has 1 fully saturated rings. The Bertz CT molecular complexity index is 1090. The highest BCUT2D eigenvalue weighted by Crippen LogP contribution is 2.33. The molecule has 0 aromatic heterocycles. The number of nitrogens with one attached hydrogen (secondary N) is 2. The zero-order chi connectivity index (χ0) is 24.1. The third-order valence-corrected chi connectivity index (χ3v) is 6.89. The number of amides is 2. The minimum Gasteiger partial charge on any atom is -0.337 e. The van der Waals surface area contributed by atoms with Crippen LogP contribution in [0.1, 0.15) is 24.3 Å². The van der Waals surface area contributed by atoms with Gasteiger partial charge >= 0.3 is 6.03 Å². The molecule has 1 aliphatic rings. The molecule has 178 valence electrons. The van der Waals surface area contributed by atoms with Crippen molar-refractivity contribution in [3.8, 4) is 11.1 Å². The molecule has 0 spiro atoms. The zero-order valence-corrected chi connectivity index (χ0v) is 20.5. The Kier molecular flexibility index (Phi) is 8.09. The molecule has 1 aliphatic heterocycles. The number of carbonyl (C=O) groups is 1. The van der Waals surface area contributed by atoms with E-state index in [0.717, 1.165) is 37.1 Å². The van der Waals surface area contributed by atoms with Gasteiger partial charge < -0.3 is 15.5 Å². The molecule has 1 unspecified atom stereocenters. The lowest BCUT2D eigenvalue weighted by Crippen LogP contribution is -2.38. The topological polar surface area (TPSA) is 44.4 Å². The maximum Gasteiger partial charge on any atom is 0.319 e. The van der Waals surface area contributed by atoms with Crippen molar-refractivity contribution in [2.24, 2.45) is 5.92 Å². The van der Waals surface area contributed by atoms with Gasteiger partial charge in [-0.15, -0.1) is 0 Å². The number of halogens is 3. The van der Waals surface area contributed by atoms with E-state index in [0.29, 0.717) is 28.2 Å². The lowest BCUT2D eigenvalue weighted by Gasteiger charge is -2.35. The molecule has 4 rings (SSSR count). The van der Waals surface area contributed by atoms with Crippen LogP contribution >= 0.6 is 23.2 Å². The summed E-state index contributed by atoms with van der Waals surface area (Å²) in [7, 11) is 2.14. The number of benzene rings is 3. The quantitative estimate of drug-likeness (QED) is 0.381. The Hall–Kier alpha value is -2.60. The van der Waals surface area contributed by atoms with Crippen molar-refractivity contribution in [2.45, 2.75) is 18.8 Å². The molecule has 1 heterocycles. The van der Waals surface area contributed by atoms with Crippen molar-refractivity contribution >= 4 is 34.9 Å². The van der Waals surface area contributed by atoms with Gasteiger partial charge in [0.2, 0.25) is 0 Å². The summed E-state index contributed by atoms with van der Waals surface area (Å²) in [6.07, 6.45) is 2.15. The molecule has 1 saturated heterocycles. The van der Waals surface area contributed by atoms with E-state index in [1.807, 2.05) is 0 Å². The van der Waals surface area contributed by atoms with Crippen molar-refractivity contribution in [2.75, 3.05) is 32.0 Å². The Morgan fingerprint density at radius 3 is 2.12 bits per heavy atom. The van der Waals surface area contributed by atoms with Gasteiger partial charge in [-0.2, -0.15) is 0 Å². The van der Waals surface area contributed by atoms with Crippen LogP contribution in [-0.2, 0) is 0 Å². The molecule has 3 aromatic rings. The first kappa shape index (κ1) is 24.5. The summed E-state index contributed by atoms with van der Waals surface area (Å²) < 4.78 is 13.3. The normalized spacial score (nSPS) is 15.6. The Morgan fingerprint density at radius 2 is 1.53 bits per heavy atom. The molecule has 0 bridgehead atoms. The van der Waals surface area contributed by atoms with E-state index in [9.17, 15) is 9.18 Å². The molecule has 2 N–H and O–H groups in total. The van der Waals surface area contributed by atoms with Crippen LogP contribution in [0.4, 0.5) is 14.9 Å². The van der Waals surface area contributed by atoms with Crippen LogP contribution in [-0.4, -0.2) is 37.6 Å². The predicted molar refractivity (Wildman–Crippen MR) is 138 cm³/mol. The summed E-state index contributed by atoms with van der Waals surface area (Å²) in [5, 5.41) is 6.79. The van der Waals surface area contributed by atoms with Crippen LogP contribution in [0.3, 0.4) is 0 Å². The Balaban J connectivity index is 1.47. The summed E-state index contributed by atoms with van der Waals surface area (Å²) in [5.74, 6) is 0.408. The highest BCUT2D eigenvalue weighted by molar-refractivity contribution is 6.35. The third-order valence-electron chi connectivity index (χ3n) is 6.45. The van der Waals surface area contributed by atoms with Crippen molar-refractivity contribution < 1.29 is 9.18 Å². The molecule has 0 aliphatic carbocycles. The molecule has 7 heteroatoms. The van der Waals surface area contributed by atoms with E-state index in [2.05, 4.69) is 46.8 Å². The van der Waals surface area contributed by atoms with Crippen molar-refractivity contribution in [1.82, 2.24) is 10.2 Å². The number of urea groups is 1. The number of likely N-dealkylation sites (tertiary alicyclic amines) is 1. The number of rotatable bonds is 6. The fraction of sp³-hybridized carbons (Fsp3) is 0.296. The molecule has 1 atom stereocenters. The van der Waals surface area contributed by atoms with Gasteiger partial charge in [0.15, 0.2) is 0 Å². The second-order valence-corrected chi connectivity index (χ2v) is 9.74. The first-order chi connectivity index (χ1) is 16.4. The van der Waals surface area contributed by atoms with Gasteiger partial charge in [0, 0.05) is 28.2 Å². The fourth-order valence-corrected chi connectivity index (χ4v) is 5.08. The van der Waals surface area contributed by atoms with E-state index in [1.165, 1.54) is 17.7 Å². The van der Waals surface area contributed by atoms with Gasteiger partial charge in [0.05, 0.1) is 0 Å². The number of nitrogens with zero attached hydrogens (tertiary/aromatic N) is 1. The second kappa shape index (κ2) is 11.2. The van der Waals surface area contributed by atoms with Crippen molar-refractivity contribution in [3.05, 3.63) is 88.2 Å². The largest absolute Gasteiger partial charge is 0.337 e. The third kappa shape index (κ3) is 6.50. The van der Waals surface area contributed by atoms with Gasteiger partial charge in [-0.05, 0) is 85.9 Å². The predicted octanol–water partition coefficient (Wildman–Crippen LogP) is 7.05. The molecule has 4 nitrogen and oxygen atoms in total. The van der Waals surface area contributed by atoms with E-state index < -0.39 is 0 Å². The van der Waals surface area contributed by atoms with E-state index in [4.69, 9.17) is 23.2 Å². The smallest absolute Gasteiger partial charge is 0.319 e. The van der Waals surface area contributed by atoms with Gasteiger partial charge in [-0.25, -0.2) is 9.18 Å². The Morgan fingerprint density at radius 1 is 0.971 bits per heavy atom. The molecule has 0 saturated carbocycles. The first-order valence-electron chi connectivity index (χ1n) is 11.4. The average Bonchev–Trinajstić information content (AvgIpc) is 2.80. The fourth-order valence-electron chi connectivity index (χ4n) is 4.56. The molecule has 3 aromatic carbocycles. The summed E-state index contributed by atoms with van der Waals surface area (Å²) in [5.41, 5.74) is 3.75. The SMILES string of the molecule is CN1CCC(C(CNC(=O)Nc2cc(Cl)cc(Cl)c2)c2ccc(-c3ccc(F)cc3)cc2)CC1. The van der Waals surface area contributed by atoms with Crippen LogP contribution in [0.5, 0.6) is 0 Å². The summed E-state index contributed by atoms with van der Waals surface area (Å²) in [6.45, 7) is 2.61. The highest BCUT2D eigenvalue weighted by Gasteiger charge is 2.27. The van der Waals surface area contributed by atoms with E-state index in [-0.39, 0.29) is 17.8 Å². The van der Waals surface area contributed by atoms with Crippen LogP contribution < -0.4 is 10.6 Å². The summed E-state index contributed by atoms with van der Waals surface area (Å²) in [4.78, 5) is 15.0. The van der Waals surface area contributed by atoms with Gasteiger partial charge in [-0.1, -0.05) is 59.6 Å². The maximum atomic E-state index is 13.3. The van der Waals surface area contributed by atoms with Gasteiger partial charge in [-0.3, -0.25) is 0 Å². The van der Waals surface area contributed by atoms with E-state index >= 15 is 0 Å². The standard InChI is InChI=1S/C27H28Cl2FN3O/c1-33-12-10-21(11-13-33)26(17-31-27(34)32-25-15-22(28)14-23(29)16-25)20-4-2-18(3-5-20)19-6-8-24(30)9-7-19/h2-9,14-16,21,26H,10-13,17H2,1H3,(H2,31,32,34).